The summed E-state index contributed by atoms with van der Waals surface area (Å²) < 4.78 is 0. The van der Waals surface area contributed by atoms with E-state index < -0.39 is 0 Å². The van der Waals surface area contributed by atoms with Crippen LogP contribution in [-0.2, 0) is 0 Å². The third kappa shape index (κ3) is 6.37. The van der Waals surface area contributed by atoms with Crippen molar-refractivity contribution in [1.82, 2.24) is 0 Å². The highest BCUT2D eigenvalue weighted by atomic mass is 79.9. The van der Waals surface area contributed by atoms with E-state index in [-0.39, 0.29) is 0 Å². The Morgan fingerprint density at radius 2 is 2.38 bits per heavy atom. The second-order valence-electron chi connectivity index (χ2n) is 1.79. The number of nitrogens with two attached hydrogens (primary N) is 1. The summed E-state index contributed by atoms with van der Waals surface area (Å²) in [5.41, 5.74) is 5.25. The summed E-state index contributed by atoms with van der Waals surface area (Å²) in [6.45, 7) is 2.08. The Kier molecular flexibility index (Phi) is 4.47. The van der Waals surface area contributed by atoms with Gasteiger partial charge in [-0.3, -0.25) is 0 Å². The first-order valence-electron chi connectivity index (χ1n) is 2.55. The van der Waals surface area contributed by atoms with Crippen LogP contribution in [0.15, 0.2) is 0 Å². The van der Waals surface area contributed by atoms with E-state index in [1.165, 1.54) is 0 Å². The van der Waals surface area contributed by atoms with Crippen LogP contribution in [0, 0.1) is 0 Å². The van der Waals surface area contributed by atoms with Crippen LogP contribution >= 0.6 is 28.1 Å². The normalized spacial score (nSPS) is 13.2. The highest BCUT2D eigenvalue weighted by Crippen LogP contribution is 2.05. The Morgan fingerprint density at radius 1 is 1.88 bits per heavy atom. The lowest BCUT2D eigenvalue weighted by Crippen LogP contribution is -2.08. The Hall–Kier alpha value is 0.370. The monoisotopic (exact) mass is 195 g/mol. The van der Waals surface area contributed by atoms with Crippen molar-refractivity contribution in [2.45, 2.75) is 24.6 Å². The molecule has 3 heteroatoms. The van der Waals surface area contributed by atoms with Crippen LogP contribution in [0.1, 0.15) is 19.8 Å². The number of thiocarbonyl (C=S) groups is 1. The molecule has 1 atom stereocenters. The van der Waals surface area contributed by atoms with E-state index in [2.05, 4.69) is 35.1 Å². The second-order valence-corrected chi connectivity index (χ2v) is 3.87. The quantitative estimate of drug-likeness (QED) is 0.550. The molecule has 0 aromatic rings. The number of hydrogen-bond acceptors (Lipinski definition) is 1. The van der Waals surface area contributed by atoms with Crippen LogP contribution in [0.25, 0.3) is 0 Å². The van der Waals surface area contributed by atoms with E-state index in [0.717, 1.165) is 12.8 Å². The average Bonchev–Trinajstić information content (AvgIpc) is 1.61. The molecule has 0 aromatic carbocycles. The largest absolute Gasteiger partial charge is 0.393 e. The maximum atomic E-state index is 5.25. The van der Waals surface area contributed by atoms with Gasteiger partial charge in [-0.2, -0.15) is 0 Å². The van der Waals surface area contributed by atoms with Gasteiger partial charge in [-0.15, -0.1) is 0 Å². The van der Waals surface area contributed by atoms with E-state index in [1.54, 1.807) is 0 Å². The van der Waals surface area contributed by atoms with Crippen molar-refractivity contribution in [2.75, 3.05) is 0 Å². The first-order chi connectivity index (χ1) is 3.63. The molecule has 48 valence electrons. The molecule has 0 aliphatic rings. The zero-order valence-electron chi connectivity index (χ0n) is 4.86. The third-order valence-electron chi connectivity index (χ3n) is 0.789. The van der Waals surface area contributed by atoms with Crippen molar-refractivity contribution < 1.29 is 0 Å². The topological polar surface area (TPSA) is 26.0 Å². The summed E-state index contributed by atoms with van der Waals surface area (Å²) in [6.07, 6.45) is 1.89. The van der Waals surface area contributed by atoms with Crippen LogP contribution in [-0.4, -0.2) is 9.82 Å². The van der Waals surface area contributed by atoms with E-state index in [4.69, 9.17) is 5.73 Å². The number of alkyl halides is 1. The molecule has 0 aliphatic carbocycles. The summed E-state index contributed by atoms with van der Waals surface area (Å²) in [5, 5.41) is 0. The lowest BCUT2D eigenvalue weighted by atomic mass is 10.2. The van der Waals surface area contributed by atoms with Crippen LogP contribution in [0.2, 0.25) is 0 Å². The molecule has 0 amide bonds. The first-order valence-corrected chi connectivity index (χ1v) is 3.87. The number of halogens is 1. The summed E-state index contributed by atoms with van der Waals surface area (Å²) in [7, 11) is 0. The smallest absolute Gasteiger partial charge is 0.0727 e. The van der Waals surface area contributed by atoms with E-state index in [9.17, 15) is 0 Å². The Labute approximate surface area is 63.8 Å². The Morgan fingerprint density at radius 3 is 2.50 bits per heavy atom. The molecule has 0 radical (unpaired) electrons. The highest BCUT2D eigenvalue weighted by molar-refractivity contribution is 9.09. The van der Waals surface area contributed by atoms with E-state index >= 15 is 0 Å². The zero-order chi connectivity index (χ0) is 6.57. The van der Waals surface area contributed by atoms with Gasteiger partial charge in [0.1, 0.15) is 0 Å². The fraction of sp³-hybridized carbons (Fsp3) is 0.800. The standard InChI is InChI=1S/C5H10BrNS/c1-4(6)2-3-5(7)8/h4H,2-3H2,1H3,(H2,7,8). The highest BCUT2D eigenvalue weighted by Gasteiger charge is 1.95. The summed E-state index contributed by atoms with van der Waals surface area (Å²) in [5.74, 6) is 0. The molecule has 2 N–H and O–H groups in total. The maximum absolute atomic E-state index is 5.25. The fourth-order valence-electron chi connectivity index (χ4n) is 0.341. The van der Waals surface area contributed by atoms with Crippen molar-refractivity contribution in [3.05, 3.63) is 0 Å². The molecule has 1 unspecified atom stereocenters. The van der Waals surface area contributed by atoms with Gasteiger partial charge in [0.25, 0.3) is 0 Å². The molecule has 1 nitrogen and oxygen atoms in total. The molecule has 8 heavy (non-hydrogen) atoms. The van der Waals surface area contributed by atoms with Crippen LogP contribution in [0.3, 0.4) is 0 Å². The van der Waals surface area contributed by atoms with Gasteiger partial charge in [-0.1, -0.05) is 35.1 Å². The minimum Gasteiger partial charge on any atom is -0.393 e. The van der Waals surface area contributed by atoms with Gasteiger partial charge < -0.3 is 5.73 Å². The predicted molar refractivity (Wildman–Crippen MR) is 44.4 cm³/mol. The molecule has 0 rings (SSSR count). The summed E-state index contributed by atoms with van der Waals surface area (Å²) in [6, 6.07) is 0. The van der Waals surface area contributed by atoms with Gasteiger partial charge >= 0.3 is 0 Å². The summed E-state index contributed by atoms with van der Waals surface area (Å²) in [4.78, 5) is 1.14. The SMILES string of the molecule is CC(Br)CCC(N)=S. The predicted octanol–water partition coefficient (Wildman–Crippen LogP) is 1.84. The fourth-order valence-corrected chi connectivity index (χ4v) is 0.688. The Balaban J connectivity index is 3.05. The van der Waals surface area contributed by atoms with Gasteiger partial charge in [-0.05, 0) is 12.8 Å². The summed E-state index contributed by atoms with van der Waals surface area (Å²) >= 11 is 8.06. The van der Waals surface area contributed by atoms with Crippen molar-refractivity contribution in [3.63, 3.8) is 0 Å². The van der Waals surface area contributed by atoms with Gasteiger partial charge in [-0.25, -0.2) is 0 Å². The minimum atomic E-state index is 0.531. The second kappa shape index (κ2) is 4.27. The number of hydrogen-bond donors (Lipinski definition) is 1. The van der Waals surface area contributed by atoms with Crippen LogP contribution in [0.4, 0.5) is 0 Å². The average molecular weight is 196 g/mol. The van der Waals surface area contributed by atoms with E-state index in [0.29, 0.717) is 9.82 Å². The van der Waals surface area contributed by atoms with Gasteiger partial charge in [0, 0.05) is 4.83 Å². The Bertz CT molecular complexity index is 82.5. The van der Waals surface area contributed by atoms with Gasteiger partial charge in [0.15, 0.2) is 0 Å². The lowest BCUT2D eigenvalue weighted by Gasteiger charge is -1.98. The zero-order valence-corrected chi connectivity index (χ0v) is 7.26. The minimum absolute atomic E-state index is 0.531. The molecule has 0 bridgehead atoms. The van der Waals surface area contributed by atoms with Gasteiger partial charge in [0.05, 0.1) is 4.99 Å². The lowest BCUT2D eigenvalue weighted by molar-refractivity contribution is 0.869. The first kappa shape index (κ1) is 8.37. The van der Waals surface area contributed by atoms with Crippen molar-refractivity contribution in [3.8, 4) is 0 Å². The molecule has 0 aromatic heterocycles. The van der Waals surface area contributed by atoms with Crippen molar-refractivity contribution >= 4 is 33.1 Å². The van der Waals surface area contributed by atoms with E-state index in [1.807, 2.05) is 0 Å². The molecule has 0 saturated carbocycles. The molecule has 0 aliphatic heterocycles. The molecule has 0 fully saturated rings. The van der Waals surface area contributed by atoms with Crippen molar-refractivity contribution in [1.29, 1.82) is 0 Å². The van der Waals surface area contributed by atoms with Gasteiger partial charge in [0.2, 0.25) is 0 Å². The number of rotatable bonds is 3. The molecule has 0 saturated heterocycles. The van der Waals surface area contributed by atoms with Crippen LogP contribution in [0.5, 0.6) is 0 Å². The van der Waals surface area contributed by atoms with Crippen molar-refractivity contribution in [2.24, 2.45) is 5.73 Å². The van der Waals surface area contributed by atoms with Crippen LogP contribution < -0.4 is 5.73 Å². The third-order valence-corrected chi connectivity index (χ3v) is 1.45. The molecule has 0 spiro atoms. The molecule has 0 heterocycles. The molecular formula is C5H10BrNS. The maximum Gasteiger partial charge on any atom is 0.0727 e. The molecular weight excluding hydrogens is 186 g/mol.